The molecule has 0 atom stereocenters. The van der Waals surface area contributed by atoms with Gasteiger partial charge in [0.05, 0.1) is 10.6 Å². The average Bonchev–Trinajstić information content (AvgIpc) is 3.05. The highest BCUT2D eigenvalue weighted by molar-refractivity contribution is 6.33. The van der Waals surface area contributed by atoms with E-state index in [-0.39, 0.29) is 5.95 Å². The fraction of sp³-hybridized carbons (Fsp3) is 0.150. The quantitative estimate of drug-likeness (QED) is 0.410. The number of nitrogens with zero attached hydrogens (tertiary/aromatic N) is 4. The molecule has 0 amide bonds. The molecule has 10 heteroatoms. The monoisotopic (exact) mass is 451 g/mol. The summed E-state index contributed by atoms with van der Waals surface area (Å²) in [5.74, 6) is 0.233. The van der Waals surface area contributed by atoms with Crippen molar-refractivity contribution in [3.05, 3.63) is 64.4 Å². The van der Waals surface area contributed by atoms with E-state index >= 15 is 0 Å². The lowest BCUT2D eigenvalue weighted by atomic mass is 10.0. The molecule has 0 aliphatic rings. The van der Waals surface area contributed by atoms with Gasteiger partial charge in [0.15, 0.2) is 5.65 Å². The van der Waals surface area contributed by atoms with Crippen molar-refractivity contribution in [1.29, 1.82) is 0 Å². The lowest BCUT2D eigenvalue weighted by molar-refractivity contribution is -0.115. The molecule has 0 fully saturated rings. The zero-order valence-electron chi connectivity index (χ0n) is 15.5. The SMILES string of the molecule is Cc1nc(NCC(F)(F)F)n2nc(-c3ccccc3Cl)c(-c3ccc(Cl)cc3)c2n1. The van der Waals surface area contributed by atoms with Gasteiger partial charge in [-0.1, -0.05) is 53.5 Å². The van der Waals surface area contributed by atoms with Crippen LogP contribution in [0.15, 0.2) is 48.5 Å². The largest absolute Gasteiger partial charge is 0.405 e. The summed E-state index contributed by atoms with van der Waals surface area (Å²) in [6.07, 6.45) is -4.41. The standard InChI is InChI=1S/C20H14Cl2F3N5/c1-11-27-18-16(12-6-8-13(21)9-7-12)17(14-4-2-3-5-15(14)22)29-30(18)19(28-11)26-10-20(23,24)25/h2-9H,10H2,1H3,(H,26,27,28). The van der Waals surface area contributed by atoms with Crippen LogP contribution in [0.25, 0.3) is 28.0 Å². The van der Waals surface area contributed by atoms with Crippen LogP contribution < -0.4 is 5.32 Å². The first-order chi connectivity index (χ1) is 14.2. The van der Waals surface area contributed by atoms with Crippen molar-refractivity contribution in [1.82, 2.24) is 19.6 Å². The maximum absolute atomic E-state index is 12.8. The fourth-order valence-corrected chi connectivity index (χ4v) is 3.41. The second-order valence-corrected chi connectivity index (χ2v) is 7.35. The van der Waals surface area contributed by atoms with Crippen molar-refractivity contribution in [3.63, 3.8) is 0 Å². The highest BCUT2D eigenvalue weighted by atomic mass is 35.5. The summed E-state index contributed by atoms with van der Waals surface area (Å²) >= 11 is 12.4. The van der Waals surface area contributed by atoms with E-state index in [4.69, 9.17) is 23.2 Å². The van der Waals surface area contributed by atoms with Gasteiger partial charge in [-0.25, -0.2) is 4.98 Å². The first kappa shape index (κ1) is 20.4. The minimum Gasteiger partial charge on any atom is -0.345 e. The molecule has 4 aromatic rings. The third-order valence-corrected chi connectivity index (χ3v) is 4.89. The Kier molecular flexibility index (Phi) is 5.29. The summed E-state index contributed by atoms with van der Waals surface area (Å²) in [6, 6.07) is 14.1. The predicted molar refractivity (Wildman–Crippen MR) is 111 cm³/mol. The van der Waals surface area contributed by atoms with Gasteiger partial charge in [0.25, 0.3) is 0 Å². The number of halogens is 5. The molecule has 5 nitrogen and oxygen atoms in total. The summed E-state index contributed by atoms with van der Waals surface area (Å²) < 4.78 is 39.6. The van der Waals surface area contributed by atoms with Gasteiger partial charge in [-0.05, 0) is 30.7 Å². The number of fused-ring (bicyclic) bond motifs is 1. The molecule has 4 rings (SSSR count). The van der Waals surface area contributed by atoms with E-state index in [1.807, 2.05) is 0 Å². The molecular weight excluding hydrogens is 438 g/mol. The number of benzene rings is 2. The number of anilines is 1. The Bertz CT molecular complexity index is 1220. The van der Waals surface area contributed by atoms with E-state index in [0.29, 0.717) is 38.3 Å². The lowest BCUT2D eigenvalue weighted by Crippen LogP contribution is -2.23. The van der Waals surface area contributed by atoms with E-state index in [9.17, 15) is 13.2 Å². The van der Waals surface area contributed by atoms with Crippen LogP contribution in [0.4, 0.5) is 19.1 Å². The molecule has 0 aliphatic heterocycles. The molecule has 0 bridgehead atoms. The van der Waals surface area contributed by atoms with Crippen LogP contribution in [0, 0.1) is 6.92 Å². The van der Waals surface area contributed by atoms with E-state index in [2.05, 4.69) is 20.4 Å². The topological polar surface area (TPSA) is 55.1 Å². The number of hydrogen-bond acceptors (Lipinski definition) is 4. The molecule has 2 aromatic carbocycles. The van der Waals surface area contributed by atoms with Crippen LogP contribution in [0.3, 0.4) is 0 Å². The Hall–Kier alpha value is -2.84. The third-order valence-electron chi connectivity index (χ3n) is 4.31. The molecule has 0 saturated carbocycles. The van der Waals surface area contributed by atoms with E-state index in [0.717, 1.165) is 5.56 Å². The molecule has 0 saturated heterocycles. The van der Waals surface area contributed by atoms with Gasteiger partial charge >= 0.3 is 6.18 Å². The highest BCUT2D eigenvalue weighted by Gasteiger charge is 2.28. The van der Waals surface area contributed by atoms with Gasteiger partial charge in [0, 0.05) is 10.6 Å². The third kappa shape index (κ3) is 4.06. The van der Waals surface area contributed by atoms with Crippen molar-refractivity contribution in [3.8, 4) is 22.4 Å². The molecule has 2 aromatic heterocycles. The summed E-state index contributed by atoms with van der Waals surface area (Å²) in [5.41, 5.74) is 2.79. The average molecular weight is 452 g/mol. The van der Waals surface area contributed by atoms with Gasteiger partial charge in [0.2, 0.25) is 5.95 Å². The number of aryl methyl sites for hydroxylation is 1. The van der Waals surface area contributed by atoms with Gasteiger partial charge in [0.1, 0.15) is 18.1 Å². The maximum Gasteiger partial charge on any atom is 0.405 e. The van der Waals surface area contributed by atoms with Crippen LogP contribution >= 0.6 is 23.2 Å². The van der Waals surface area contributed by atoms with Crippen molar-refractivity contribution in [2.24, 2.45) is 0 Å². The summed E-state index contributed by atoms with van der Waals surface area (Å²) in [4.78, 5) is 8.55. The molecular formula is C20H14Cl2F3N5. The number of rotatable bonds is 4. The van der Waals surface area contributed by atoms with Gasteiger partial charge < -0.3 is 5.32 Å². The van der Waals surface area contributed by atoms with Crippen molar-refractivity contribution in [2.75, 3.05) is 11.9 Å². The molecule has 0 aliphatic carbocycles. The first-order valence-corrected chi connectivity index (χ1v) is 9.57. The van der Waals surface area contributed by atoms with E-state index in [1.54, 1.807) is 55.5 Å². The molecule has 0 unspecified atom stereocenters. The Morgan fingerprint density at radius 2 is 1.70 bits per heavy atom. The second kappa shape index (κ2) is 7.77. The van der Waals surface area contributed by atoms with Crippen LogP contribution in [-0.2, 0) is 0 Å². The number of nitrogens with one attached hydrogen (secondary N) is 1. The van der Waals surface area contributed by atoms with E-state index < -0.39 is 12.7 Å². The Morgan fingerprint density at radius 1 is 1.00 bits per heavy atom. The highest BCUT2D eigenvalue weighted by Crippen LogP contribution is 2.38. The number of aromatic nitrogens is 4. The van der Waals surface area contributed by atoms with E-state index in [1.165, 1.54) is 4.52 Å². The van der Waals surface area contributed by atoms with Crippen LogP contribution in [0.5, 0.6) is 0 Å². The van der Waals surface area contributed by atoms with Gasteiger partial charge in [-0.3, -0.25) is 0 Å². The Labute approximate surface area is 179 Å². The Balaban J connectivity index is 2.00. The normalized spacial score (nSPS) is 11.8. The molecule has 0 radical (unpaired) electrons. The molecule has 1 N–H and O–H groups in total. The van der Waals surface area contributed by atoms with Crippen molar-refractivity contribution in [2.45, 2.75) is 13.1 Å². The second-order valence-electron chi connectivity index (χ2n) is 6.51. The summed E-state index contributed by atoms with van der Waals surface area (Å²) in [7, 11) is 0. The summed E-state index contributed by atoms with van der Waals surface area (Å²) in [6.45, 7) is 0.350. The zero-order valence-corrected chi connectivity index (χ0v) is 17.0. The van der Waals surface area contributed by atoms with Crippen molar-refractivity contribution >= 4 is 34.8 Å². The smallest absolute Gasteiger partial charge is 0.345 e. The fourth-order valence-electron chi connectivity index (χ4n) is 3.06. The number of hydrogen-bond donors (Lipinski definition) is 1. The first-order valence-electron chi connectivity index (χ1n) is 8.82. The Morgan fingerprint density at radius 3 is 2.37 bits per heavy atom. The molecule has 30 heavy (non-hydrogen) atoms. The maximum atomic E-state index is 12.8. The minimum atomic E-state index is -4.41. The van der Waals surface area contributed by atoms with Crippen LogP contribution in [-0.4, -0.2) is 32.3 Å². The molecule has 2 heterocycles. The molecule has 154 valence electrons. The molecule has 0 spiro atoms. The van der Waals surface area contributed by atoms with Crippen molar-refractivity contribution < 1.29 is 13.2 Å². The van der Waals surface area contributed by atoms with Gasteiger partial charge in [-0.2, -0.15) is 27.8 Å². The predicted octanol–water partition coefficient (Wildman–Crippen LogP) is 6.05. The zero-order chi connectivity index (χ0) is 21.5. The lowest BCUT2D eigenvalue weighted by Gasteiger charge is -2.10. The van der Waals surface area contributed by atoms with Gasteiger partial charge in [-0.15, -0.1) is 0 Å². The number of alkyl halides is 3. The van der Waals surface area contributed by atoms with Crippen LogP contribution in [0.2, 0.25) is 10.0 Å². The van der Waals surface area contributed by atoms with Crippen LogP contribution in [0.1, 0.15) is 5.82 Å². The summed E-state index contributed by atoms with van der Waals surface area (Å²) in [5, 5.41) is 7.83. The minimum absolute atomic E-state index is 0.0663.